The quantitative estimate of drug-likeness (QED) is 0.745. The van der Waals surface area contributed by atoms with E-state index in [-0.39, 0.29) is 17.9 Å². The van der Waals surface area contributed by atoms with Gasteiger partial charge in [0.15, 0.2) is 6.61 Å². The number of rotatable bonds is 7. The van der Waals surface area contributed by atoms with Crippen molar-refractivity contribution in [2.75, 3.05) is 19.8 Å². The molecule has 2 atom stereocenters. The van der Waals surface area contributed by atoms with Crippen molar-refractivity contribution in [1.29, 1.82) is 0 Å². The van der Waals surface area contributed by atoms with Crippen molar-refractivity contribution >= 4 is 11.9 Å². The summed E-state index contributed by atoms with van der Waals surface area (Å²) >= 11 is 0. The Hall–Kier alpha value is -2.86. The van der Waals surface area contributed by atoms with Crippen molar-refractivity contribution in [3.63, 3.8) is 0 Å². The predicted octanol–water partition coefficient (Wildman–Crippen LogP) is 3.66. The van der Waals surface area contributed by atoms with Crippen LogP contribution < -0.4 is 10.1 Å². The van der Waals surface area contributed by atoms with Crippen LogP contribution in [0.15, 0.2) is 42.5 Å². The van der Waals surface area contributed by atoms with Gasteiger partial charge in [0.25, 0.3) is 5.91 Å². The van der Waals surface area contributed by atoms with Crippen LogP contribution in [0.25, 0.3) is 0 Å². The molecule has 0 aromatic heterocycles. The van der Waals surface area contributed by atoms with Crippen LogP contribution in [-0.2, 0) is 9.53 Å². The molecule has 2 unspecified atom stereocenters. The molecule has 6 heteroatoms. The number of carbonyl (C=O) groups excluding carboxylic acids is 1. The molecule has 1 aliphatic rings. The lowest BCUT2D eigenvalue weighted by atomic mass is 9.89. The average Bonchev–Trinajstić information content (AvgIpc) is 2.72. The number of aryl methyl sites for hydroxylation is 2. The van der Waals surface area contributed by atoms with Gasteiger partial charge in [-0.25, -0.2) is 4.79 Å². The molecule has 2 aromatic carbocycles. The van der Waals surface area contributed by atoms with Gasteiger partial charge in [-0.1, -0.05) is 30.3 Å². The van der Waals surface area contributed by atoms with Crippen molar-refractivity contribution in [3.8, 4) is 5.75 Å². The number of carbonyl (C=O) groups is 2. The maximum absolute atomic E-state index is 12.7. The third-order valence-electron chi connectivity index (χ3n) is 5.16. The van der Waals surface area contributed by atoms with E-state index in [1.165, 1.54) is 0 Å². The largest absolute Gasteiger partial charge is 0.481 e. The first-order chi connectivity index (χ1) is 14.0. The van der Waals surface area contributed by atoms with Crippen molar-refractivity contribution in [2.24, 2.45) is 5.92 Å². The molecule has 0 spiro atoms. The fraction of sp³-hybridized carbons (Fsp3) is 0.391. The fourth-order valence-electron chi connectivity index (χ4n) is 3.83. The van der Waals surface area contributed by atoms with Gasteiger partial charge in [-0.3, -0.25) is 4.79 Å². The monoisotopic (exact) mass is 397 g/mol. The van der Waals surface area contributed by atoms with Crippen LogP contribution >= 0.6 is 0 Å². The van der Waals surface area contributed by atoms with Gasteiger partial charge < -0.3 is 19.9 Å². The summed E-state index contributed by atoms with van der Waals surface area (Å²) in [4.78, 5) is 23.5. The zero-order valence-electron chi connectivity index (χ0n) is 16.8. The number of carboxylic acids is 1. The van der Waals surface area contributed by atoms with E-state index < -0.39 is 12.6 Å². The normalized spacial score (nSPS) is 18.8. The van der Waals surface area contributed by atoms with Crippen molar-refractivity contribution in [2.45, 2.75) is 32.8 Å². The molecule has 154 valence electrons. The first kappa shape index (κ1) is 20.9. The first-order valence-electron chi connectivity index (χ1n) is 9.86. The summed E-state index contributed by atoms with van der Waals surface area (Å²) in [5.74, 6) is -0.462. The van der Waals surface area contributed by atoms with Gasteiger partial charge in [0.1, 0.15) is 5.75 Å². The second-order valence-electron chi connectivity index (χ2n) is 7.44. The molecule has 1 amide bonds. The number of ether oxygens (including phenoxy) is 2. The summed E-state index contributed by atoms with van der Waals surface area (Å²) in [5.41, 5.74) is 3.15. The minimum absolute atomic E-state index is 0.0134. The Morgan fingerprint density at radius 3 is 2.52 bits per heavy atom. The zero-order valence-corrected chi connectivity index (χ0v) is 16.8. The van der Waals surface area contributed by atoms with Crippen LogP contribution in [0.3, 0.4) is 0 Å². The third kappa shape index (κ3) is 5.35. The smallest absolute Gasteiger partial charge is 0.341 e. The molecule has 6 nitrogen and oxygen atoms in total. The van der Waals surface area contributed by atoms with Crippen LogP contribution in [-0.4, -0.2) is 36.7 Å². The number of hydrogen-bond donors (Lipinski definition) is 2. The summed E-state index contributed by atoms with van der Waals surface area (Å²) in [5, 5.41) is 11.8. The van der Waals surface area contributed by atoms with Crippen LogP contribution in [0, 0.1) is 19.8 Å². The van der Waals surface area contributed by atoms with E-state index in [0.717, 1.165) is 36.1 Å². The molecule has 0 saturated carbocycles. The predicted molar refractivity (Wildman–Crippen MR) is 109 cm³/mol. The number of carboxylic acid groups (broad SMARTS) is 1. The highest BCUT2D eigenvalue weighted by molar-refractivity contribution is 5.95. The lowest BCUT2D eigenvalue weighted by molar-refractivity contribution is -0.139. The van der Waals surface area contributed by atoms with Crippen molar-refractivity contribution in [1.82, 2.24) is 5.32 Å². The lowest BCUT2D eigenvalue weighted by Gasteiger charge is -2.32. The summed E-state index contributed by atoms with van der Waals surface area (Å²) in [7, 11) is 0. The molecule has 0 bridgehead atoms. The van der Waals surface area contributed by atoms with Gasteiger partial charge in [-0.2, -0.15) is 0 Å². The zero-order chi connectivity index (χ0) is 20.8. The highest BCUT2D eigenvalue weighted by Crippen LogP contribution is 2.33. The summed E-state index contributed by atoms with van der Waals surface area (Å²) in [6.45, 7) is 4.48. The van der Waals surface area contributed by atoms with E-state index in [0.29, 0.717) is 17.9 Å². The highest BCUT2D eigenvalue weighted by Gasteiger charge is 2.27. The van der Waals surface area contributed by atoms with E-state index in [9.17, 15) is 9.59 Å². The Bertz CT molecular complexity index is 842. The minimum atomic E-state index is -1.03. The molecular formula is C23H27NO5. The Kier molecular flexibility index (Phi) is 6.88. The Balaban J connectivity index is 1.66. The minimum Gasteiger partial charge on any atom is -0.481 e. The number of hydrogen-bond acceptors (Lipinski definition) is 4. The molecule has 0 aliphatic carbocycles. The van der Waals surface area contributed by atoms with E-state index in [4.69, 9.17) is 14.6 Å². The van der Waals surface area contributed by atoms with Crippen LogP contribution in [0.4, 0.5) is 0 Å². The molecule has 29 heavy (non-hydrogen) atoms. The molecule has 0 radical (unpaired) electrons. The maximum Gasteiger partial charge on any atom is 0.341 e. The molecule has 1 saturated heterocycles. The molecule has 2 aromatic rings. The lowest BCUT2D eigenvalue weighted by Crippen LogP contribution is -2.35. The fourth-order valence-corrected chi connectivity index (χ4v) is 3.83. The van der Waals surface area contributed by atoms with Gasteiger partial charge >= 0.3 is 5.97 Å². The van der Waals surface area contributed by atoms with E-state index >= 15 is 0 Å². The molecule has 2 N–H and O–H groups in total. The second-order valence-corrected chi connectivity index (χ2v) is 7.44. The van der Waals surface area contributed by atoms with Gasteiger partial charge in [0.2, 0.25) is 0 Å². The van der Waals surface area contributed by atoms with Gasteiger partial charge in [0, 0.05) is 24.6 Å². The highest BCUT2D eigenvalue weighted by atomic mass is 16.5. The second kappa shape index (κ2) is 9.56. The van der Waals surface area contributed by atoms with Gasteiger partial charge in [-0.15, -0.1) is 0 Å². The average molecular weight is 397 g/mol. The molecule has 1 fully saturated rings. The Morgan fingerprint density at radius 2 is 1.86 bits per heavy atom. The van der Waals surface area contributed by atoms with Crippen molar-refractivity contribution < 1.29 is 24.2 Å². The van der Waals surface area contributed by atoms with E-state index in [1.807, 2.05) is 18.2 Å². The third-order valence-corrected chi connectivity index (χ3v) is 5.16. The SMILES string of the molecule is Cc1cc(C(=O)NCC2CCCOC2c2ccccc2)cc(C)c1OCC(=O)O. The standard InChI is InChI=1S/C23H27NO5/c1-15-11-19(12-16(2)21(15)29-14-20(25)26)23(27)24-13-18-9-6-10-28-22(18)17-7-4-3-5-8-17/h3-5,7-8,11-12,18,22H,6,9-10,13-14H2,1-2H3,(H,24,27)(H,25,26). The number of nitrogens with one attached hydrogen (secondary N) is 1. The Labute approximate surface area is 170 Å². The molecule has 1 aliphatic heterocycles. The van der Waals surface area contributed by atoms with Gasteiger partial charge in [-0.05, 0) is 55.5 Å². The van der Waals surface area contributed by atoms with Crippen LogP contribution in [0.5, 0.6) is 5.75 Å². The number of amides is 1. The number of benzene rings is 2. The summed E-state index contributed by atoms with van der Waals surface area (Å²) in [6.07, 6.45) is 1.97. The maximum atomic E-state index is 12.7. The molecule has 1 heterocycles. The topological polar surface area (TPSA) is 84.9 Å². The van der Waals surface area contributed by atoms with Crippen molar-refractivity contribution in [3.05, 3.63) is 64.7 Å². The first-order valence-corrected chi connectivity index (χ1v) is 9.86. The molecule has 3 rings (SSSR count). The number of aliphatic carboxylic acids is 1. The Morgan fingerprint density at radius 1 is 1.17 bits per heavy atom. The van der Waals surface area contributed by atoms with E-state index in [2.05, 4.69) is 17.4 Å². The van der Waals surface area contributed by atoms with Gasteiger partial charge in [0.05, 0.1) is 6.10 Å². The summed E-state index contributed by atoms with van der Waals surface area (Å²) in [6, 6.07) is 13.6. The molecular weight excluding hydrogens is 370 g/mol. The van der Waals surface area contributed by atoms with Crippen LogP contribution in [0.2, 0.25) is 0 Å². The van der Waals surface area contributed by atoms with E-state index in [1.54, 1.807) is 26.0 Å². The van der Waals surface area contributed by atoms with Crippen LogP contribution in [0.1, 0.15) is 46.0 Å². The summed E-state index contributed by atoms with van der Waals surface area (Å²) < 4.78 is 11.3.